The van der Waals surface area contributed by atoms with Crippen LogP contribution in [-0.2, 0) is 9.59 Å². The lowest BCUT2D eigenvalue weighted by atomic mass is 10.3. The molecule has 1 fully saturated rings. The summed E-state index contributed by atoms with van der Waals surface area (Å²) in [4.78, 5) is 28.5. The van der Waals surface area contributed by atoms with Crippen molar-refractivity contribution in [2.24, 2.45) is 5.84 Å². The zero-order valence-electron chi connectivity index (χ0n) is 10.5. The van der Waals surface area contributed by atoms with Crippen LogP contribution in [0.3, 0.4) is 0 Å². The third kappa shape index (κ3) is 4.29. The zero-order chi connectivity index (χ0) is 12.8. The molecule has 0 aliphatic carbocycles. The summed E-state index contributed by atoms with van der Waals surface area (Å²) >= 11 is 0. The Hall–Kier alpha value is -1.18. The lowest BCUT2D eigenvalue weighted by molar-refractivity contribution is -0.147. The number of rotatable bonds is 3. The van der Waals surface area contributed by atoms with Gasteiger partial charge in [0.15, 0.2) is 0 Å². The molecule has 0 saturated carbocycles. The fraction of sp³-hybridized carbons (Fsp3) is 0.800. The molecule has 0 aromatic rings. The van der Waals surface area contributed by atoms with Crippen molar-refractivity contribution < 1.29 is 9.59 Å². The Morgan fingerprint density at radius 1 is 1.24 bits per heavy atom. The highest BCUT2D eigenvalue weighted by Crippen LogP contribution is 2.01. The molecule has 98 valence electrons. The smallest absolute Gasteiger partial charge is 0.323 e. The predicted molar refractivity (Wildman–Crippen MR) is 63.9 cm³/mol. The van der Waals surface area contributed by atoms with Crippen LogP contribution in [0.15, 0.2) is 0 Å². The normalized spacial score (nSPS) is 17.3. The molecule has 0 bridgehead atoms. The van der Waals surface area contributed by atoms with Crippen LogP contribution in [0.5, 0.6) is 0 Å². The Bertz CT molecular complexity index is 274. The van der Waals surface area contributed by atoms with Crippen LogP contribution in [0.25, 0.3) is 0 Å². The first-order valence-corrected chi connectivity index (χ1v) is 5.71. The van der Waals surface area contributed by atoms with Crippen LogP contribution in [0, 0.1) is 0 Å². The molecule has 1 heterocycles. The number of amides is 2. The monoisotopic (exact) mass is 243 g/mol. The third-order valence-electron chi connectivity index (χ3n) is 2.85. The second-order valence-corrected chi connectivity index (χ2v) is 4.41. The molecule has 7 nitrogen and oxygen atoms in total. The molecule has 0 aromatic heterocycles. The van der Waals surface area contributed by atoms with Crippen molar-refractivity contribution in [3.8, 4) is 0 Å². The minimum absolute atomic E-state index is 0.542. The summed E-state index contributed by atoms with van der Waals surface area (Å²) in [6, 6.07) is 0. The van der Waals surface area contributed by atoms with E-state index in [0.29, 0.717) is 13.1 Å². The van der Waals surface area contributed by atoms with Gasteiger partial charge in [-0.3, -0.25) is 19.9 Å². The van der Waals surface area contributed by atoms with Crippen LogP contribution in [0.1, 0.15) is 0 Å². The van der Waals surface area contributed by atoms with E-state index in [1.165, 1.54) is 4.90 Å². The number of carbonyl (C=O) groups is 2. The molecule has 1 rings (SSSR count). The van der Waals surface area contributed by atoms with Crippen LogP contribution in [0.4, 0.5) is 0 Å². The van der Waals surface area contributed by atoms with E-state index < -0.39 is 11.8 Å². The standard InChI is InChI=1S/C10H21N5O2/c1-13(2)3-4-14-5-7-15(8-6-14)10(17)9(16)12-11/h3-8,11H2,1-2H3,(H,12,16). The molecular formula is C10H21N5O2. The number of hydrazine groups is 1. The van der Waals surface area contributed by atoms with E-state index in [1.54, 1.807) is 0 Å². The summed E-state index contributed by atoms with van der Waals surface area (Å²) in [7, 11) is 4.07. The molecule has 0 aromatic carbocycles. The zero-order valence-corrected chi connectivity index (χ0v) is 10.5. The van der Waals surface area contributed by atoms with Crippen LogP contribution >= 0.6 is 0 Å². The van der Waals surface area contributed by atoms with Gasteiger partial charge in [-0.15, -0.1) is 0 Å². The van der Waals surface area contributed by atoms with E-state index in [2.05, 4.69) is 9.80 Å². The van der Waals surface area contributed by atoms with Crippen molar-refractivity contribution in [3.63, 3.8) is 0 Å². The van der Waals surface area contributed by atoms with Gasteiger partial charge in [0, 0.05) is 39.3 Å². The molecule has 2 amide bonds. The first kappa shape index (κ1) is 13.9. The van der Waals surface area contributed by atoms with Crippen molar-refractivity contribution in [3.05, 3.63) is 0 Å². The Morgan fingerprint density at radius 3 is 2.29 bits per heavy atom. The highest BCUT2D eigenvalue weighted by atomic mass is 16.2. The second kappa shape index (κ2) is 6.53. The average molecular weight is 243 g/mol. The predicted octanol–water partition coefficient (Wildman–Crippen LogP) is -2.32. The van der Waals surface area contributed by atoms with E-state index in [0.717, 1.165) is 26.2 Å². The topological polar surface area (TPSA) is 81.9 Å². The number of nitrogens with two attached hydrogens (primary N) is 1. The molecule has 7 heteroatoms. The van der Waals surface area contributed by atoms with Crippen molar-refractivity contribution in [2.75, 3.05) is 53.4 Å². The van der Waals surface area contributed by atoms with Gasteiger partial charge in [-0.05, 0) is 14.1 Å². The van der Waals surface area contributed by atoms with E-state index in [1.807, 2.05) is 19.5 Å². The van der Waals surface area contributed by atoms with Crippen LogP contribution in [0.2, 0.25) is 0 Å². The van der Waals surface area contributed by atoms with Gasteiger partial charge in [0.2, 0.25) is 0 Å². The van der Waals surface area contributed by atoms with Crippen LogP contribution < -0.4 is 11.3 Å². The highest BCUT2D eigenvalue weighted by Gasteiger charge is 2.25. The summed E-state index contributed by atoms with van der Waals surface area (Å²) in [5.74, 6) is 3.64. The van der Waals surface area contributed by atoms with Gasteiger partial charge in [0.25, 0.3) is 0 Å². The number of nitrogens with zero attached hydrogens (tertiary/aromatic N) is 3. The van der Waals surface area contributed by atoms with E-state index in [9.17, 15) is 9.59 Å². The Labute approximate surface area is 101 Å². The van der Waals surface area contributed by atoms with Gasteiger partial charge >= 0.3 is 11.8 Å². The van der Waals surface area contributed by atoms with E-state index in [4.69, 9.17) is 5.84 Å². The Morgan fingerprint density at radius 2 is 1.82 bits per heavy atom. The quantitative estimate of drug-likeness (QED) is 0.252. The number of piperazine rings is 1. The van der Waals surface area contributed by atoms with Crippen molar-refractivity contribution in [2.45, 2.75) is 0 Å². The first-order chi connectivity index (χ1) is 8.04. The molecular weight excluding hydrogens is 222 g/mol. The average Bonchev–Trinajstić information content (AvgIpc) is 2.35. The van der Waals surface area contributed by atoms with Gasteiger partial charge in [0.1, 0.15) is 0 Å². The molecule has 1 aliphatic heterocycles. The lowest BCUT2D eigenvalue weighted by Crippen LogP contribution is -2.54. The molecule has 0 spiro atoms. The maximum Gasteiger partial charge on any atom is 0.323 e. The van der Waals surface area contributed by atoms with E-state index in [-0.39, 0.29) is 0 Å². The summed E-state index contributed by atoms with van der Waals surface area (Å²) in [6.45, 7) is 4.75. The molecule has 0 unspecified atom stereocenters. The maximum absolute atomic E-state index is 11.5. The van der Waals surface area contributed by atoms with Crippen LogP contribution in [-0.4, -0.2) is 79.9 Å². The number of hydrogen-bond acceptors (Lipinski definition) is 5. The fourth-order valence-electron chi connectivity index (χ4n) is 1.72. The number of hydrogen-bond donors (Lipinski definition) is 2. The summed E-state index contributed by atoms with van der Waals surface area (Å²) in [5, 5.41) is 0. The summed E-state index contributed by atoms with van der Waals surface area (Å²) in [5.41, 5.74) is 1.86. The molecule has 1 aliphatic rings. The second-order valence-electron chi connectivity index (χ2n) is 4.41. The highest BCUT2D eigenvalue weighted by molar-refractivity contribution is 6.34. The SMILES string of the molecule is CN(C)CCN1CCN(C(=O)C(=O)NN)CC1. The summed E-state index contributed by atoms with van der Waals surface area (Å²) < 4.78 is 0. The van der Waals surface area contributed by atoms with E-state index >= 15 is 0 Å². The van der Waals surface area contributed by atoms with Gasteiger partial charge in [-0.25, -0.2) is 5.84 Å². The van der Waals surface area contributed by atoms with Gasteiger partial charge in [-0.2, -0.15) is 0 Å². The number of carbonyl (C=O) groups excluding carboxylic acids is 2. The van der Waals surface area contributed by atoms with Gasteiger partial charge in [0.05, 0.1) is 0 Å². The fourth-order valence-corrected chi connectivity index (χ4v) is 1.72. The van der Waals surface area contributed by atoms with Crippen molar-refractivity contribution >= 4 is 11.8 Å². The molecule has 1 saturated heterocycles. The Kier molecular flexibility index (Phi) is 5.33. The Balaban J connectivity index is 2.30. The maximum atomic E-state index is 11.5. The van der Waals surface area contributed by atoms with Crippen molar-refractivity contribution in [1.82, 2.24) is 20.1 Å². The number of nitrogens with one attached hydrogen (secondary N) is 1. The number of likely N-dealkylation sites (N-methyl/N-ethyl adjacent to an activating group) is 1. The third-order valence-corrected chi connectivity index (χ3v) is 2.85. The molecule has 17 heavy (non-hydrogen) atoms. The molecule has 0 radical (unpaired) electrons. The minimum Gasteiger partial charge on any atom is -0.332 e. The van der Waals surface area contributed by atoms with Crippen molar-refractivity contribution in [1.29, 1.82) is 0 Å². The molecule has 0 atom stereocenters. The lowest BCUT2D eigenvalue weighted by Gasteiger charge is -2.34. The first-order valence-electron chi connectivity index (χ1n) is 5.71. The van der Waals surface area contributed by atoms with Gasteiger partial charge in [-0.1, -0.05) is 0 Å². The largest absolute Gasteiger partial charge is 0.332 e. The van der Waals surface area contributed by atoms with Gasteiger partial charge < -0.3 is 9.80 Å². The molecule has 3 N–H and O–H groups in total. The minimum atomic E-state index is -0.744. The summed E-state index contributed by atoms with van der Waals surface area (Å²) in [6.07, 6.45) is 0.